The van der Waals surface area contributed by atoms with Gasteiger partial charge in [0.15, 0.2) is 0 Å². The van der Waals surface area contributed by atoms with Crippen LogP contribution in [0.3, 0.4) is 0 Å². The zero-order chi connectivity index (χ0) is 9.26. The van der Waals surface area contributed by atoms with E-state index in [0.717, 1.165) is 18.8 Å². The van der Waals surface area contributed by atoms with Gasteiger partial charge >= 0.3 is 0 Å². The normalized spacial score (nSPS) is 15.3. The number of nitrogens with two attached hydrogens (primary N) is 1. The first-order valence-corrected chi connectivity index (χ1v) is 4.54. The molecular weight excluding hydrogens is 160 g/mol. The van der Waals surface area contributed by atoms with Crippen LogP contribution in [0.25, 0.3) is 0 Å². The van der Waals surface area contributed by atoms with Crippen LogP contribution in [-0.2, 0) is 0 Å². The molecule has 0 fully saturated rings. The fraction of sp³-hybridized carbons (Fsp3) is 0.273. The Morgan fingerprint density at radius 2 is 1.92 bits per heavy atom. The summed E-state index contributed by atoms with van der Waals surface area (Å²) in [6.07, 6.45) is 4.37. The van der Waals surface area contributed by atoms with Crippen LogP contribution in [-0.4, -0.2) is 13.1 Å². The van der Waals surface area contributed by atoms with Crippen molar-refractivity contribution < 1.29 is 0 Å². The van der Waals surface area contributed by atoms with Gasteiger partial charge < -0.3 is 10.6 Å². The molecule has 0 radical (unpaired) electrons. The molecule has 2 N–H and O–H groups in total. The van der Waals surface area contributed by atoms with Gasteiger partial charge in [0, 0.05) is 24.5 Å². The van der Waals surface area contributed by atoms with Gasteiger partial charge in [-0.05, 0) is 24.6 Å². The Hall–Kier alpha value is -1.44. The van der Waals surface area contributed by atoms with E-state index >= 15 is 0 Å². The highest BCUT2D eigenvalue weighted by molar-refractivity contribution is 5.65. The fourth-order valence-electron chi connectivity index (χ4n) is 1.66. The fourth-order valence-corrected chi connectivity index (χ4v) is 1.66. The van der Waals surface area contributed by atoms with E-state index in [1.54, 1.807) is 0 Å². The highest BCUT2D eigenvalue weighted by Gasteiger charge is 2.10. The first kappa shape index (κ1) is 8.17. The Bertz CT molecular complexity index is 334. The molecule has 1 aliphatic rings. The van der Waals surface area contributed by atoms with Crippen molar-refractivity contribution in [2.75, 3.05) is 23.7 Å². The SMILES string of the molecule is Cc1c(N)cccc1N1CC=CC1. The number of rotatable bonds is 1. The number of hydrogen-bond donors (Lipinski definition) is 1. The second kappa shape index (κ2) is 3.13. The Morgan fingerprint density at radius 3 is 2.62 bits per heavy atom. The lowest BCUT2D eigenvalue weighted by Crippen LogP contribution is -2.19. The Morgan fingerprint density at radius 1 is 1.23 bits per heavy atom. The molecule has 0 atom stereocenters. The number of hydrogen-bond acceptors (Lipinski definition) is 2. The minimum absolute atomic E-state index is 0.879. The van der Waals surface area contributed by atoms with Crippen LogP contribution in [0.15, 0.2) is 30.4 Å². The summed E-state index contributed by atoms with van der Waals surface area (Å²) in [6, 6.07) is 6.08. The molecule has 0 unspecified atom stereocenters. The average Bonchev–Trinajstić information content (AvgIpc) is 2.62. The van der Waals surface area contributed by atoms with E-state index in [0.29, 0.717) is 0 Å². The van der Waals surface area contributed by atoms with E-state index in [-0.39, 0.29) is 0 Å². The van der Waals surface area contributed by atoms with E-state index in [1.165, 1.54) is 11.3 Å². The number of benzene rings is 1. The van der Waals surface area contributed by atoms with Crippen molar-refractivity contribution in [1.82, 2.24) is 0 Å². The molecule has 0 aromatic heterocycles. The van der Waals surface area contributed by atoms with Crippen LogP contribution in [0.5, 0.6) is 0 Å². The Kier molecular flexibility index (Phi) is 1.97. The van der Waals surface area contributed by atoms with Crippen LogP contribution < -0.4 is 10.6 Å². The van der Waals surface area contributed by atoms with Gasteiger partial charge in [0.1, 0.15) is 0 Å². The van der Waals surface area contributed by atoms with Crippen molar-refractivity contribution in [3.63, 3.8) is 0 Å². The zero-order valence-corrected chi connectivity index (χ0v) is 7.83. The van der Waals surface area contributed by atoms with E-state index in [9.17, 15) is 0 Å². The summed E-state index contributed by atoms with van der Waals surface area (Å²) in [4.78, 5) is 2.31. The molecular formula is C11H14N2. The van der Waals surface area contributed by atoms with Crippen LogP contribution in [0.2, 0.25) is 0 Å². The molecule has 0 spiro atoms. The summed E-state index contributed by atoms with van der Waals surface area (Å²) in [5, 5.41) is 0. The summed E-state index contributed by atoms with van der Waals surface area (Å²) in [5.41, 5.74) is 9.16. The van der Waals surface area contributed by atoms with E-state index in [2.05, 4.69) is 30.0 Å². The minimum Gasteiger partial charge on any atom is -0.398 e. The molecule has 68 valence electrons. The van der Waals surface area contributed by atoms with Gasteiger partial charge in [-0.15, -0.1) is 0 Å². The van der Waals surface area contributed by atoms with Crippen molar-refractivity contribution in [2.45, 2.75) is 6.92 Å². The third kappa shape index (κ3) is 1.39. The summed E-state index contributed by atoms with van der Waals surface area (Å²) < 4.78 is 0. The Balaban J connectivity index is 2.34. The van der Waals surface area contributed by atoms with Crippen molar-refractivity contribution in [3.8, 4) is 0 Å². The van der Waals surface area contributed by atoms with Gasteiger partial charge in [0.05, 0.1) is 0 Å². The van der Waals surface area contributed by atoms with Crippen LogP contribution in [0, 0.1) is 6.92 Å². The molecule has 2 rings (SSSR count). The van der Waals surface area contributed by atoms with Crippen molar-refractivity contribution in [3.05, 3.63) is 35.9 Å². The van der Waals surface area contributed by atoms with Crippen LogP contribution in [0.1, 0.15) is 5.56 Å². The predicted octanol–water partition coefficient (Wildman–Crippen LogP) is 1.95. The number of anilines is 2. The van der Waals surface area contributed by atoms with Gasteiger partial charge in [0.2, 0.25) is 0 Å². The maximum Gasteiger partial charge on any atom is 0.0422 e. The quantitative estimate of drug-likeness (QED) is 0.521. The summed E-state index contributed by atoms with van der Waals surface area (Å²) in [7, 11) is 0. The minimum atomic E-state index is 0.879. The predicted molar refractivity (Wildman–Crippen MR) is 56.9 cm³/mol. The maximum atomic E-state index is 5.84. The maximum absolute atomic E-state index is 5.84. The van der Waals surface area contributed by atoms with Gasteiger partial charge in [-0.25, -0.2) is 0 Å². The van der Waals surface area contributed by atoms with Crippen LogP contribution in [0.4, 0.5) is 11.4 Å². The first-order valence-electron chi connectivity index (χ1n) is 4.54. The molecule has 1 aliphatic heterocycles. The second-order valence-corrected chi connectivity index (χ2v) is 3.37. The van der Waals surface area contributed by atoms with E-state index in [1.807, 2.05) is 12.1 Å². The van der Waals surface area contributed by atoms with Gasteiger partial charge in [0.25, 0.3) is 0 Å². The van der Waals surface area contributed by atoms with Gasteiger partial charge in [-0.2, -0.15) is 0 Å². The summed E-state index contributed by atoms with van der Waals surface area (Å²) in [5.74, 6) is 0. The molecule has 0 bridgehead atoms. The lowest BCUT2D eigenvalue weighted by molar-refractivity contribution is 0.998. The number of nitrogen functional groups attached to an aromatic ring is 1. The molecule has 0 saturated carbocycles. The van der Waals surface area contributed by atoms with Crippen molar-refractivity contribution >= 4 is 11.4 Å². The second-order valence-electron chi connectivity index (χ2n) is 3.37. The molecule has 0 aliphatic carbocycles. The number of nitrogens with zero attached hydrogens (tertiary/aromatic N) is 1. The molecule has 2 heteroatoms. The topological polar surface area (TPSA) is 29.3 Å². The third-order valence-electron chi connectivity index (χ3n) is 2.51. The highest BCUT2D eigenvalue weighted by atomic mass is 15.1. The molecule has 0 amide bonds. The van der Waals surface area contributed by atoms with Crippen molar-refractivity contribution in [2.24, 2.45) is 0 Å². The molecule has 1 aromatic carbocycles. The lowest BCUT2D eigenvalue weighted by atomic mass is 10.1. The average molecular weight is 174 g/mol. The highest BCUT2D eigenvalue weighted by Crippen LogP contribution is 2.25. The summed E-state index contributed by atoms with van der Waals surface area (Å²) in [6.45, 7) is 4.08. The zero-order valence-electron chi connectivity index (χ0n) is 7.83. The van der Waals surface area contributed by atoms with Crippen LogP contribution >= 0.6 is 0 Å². The standard InChI is InChI=1S/C11H14N2/c1-9-10(12)5-4-6-11(9)13-7-2-3-8-13/h2-6H,7-8,12H2,1H3. The molecule has 2 nitrogen and oxygen atoms in total. The Labute approximate surface area is 78.7 Å². The smallest absolute Gasteiger partial charge is 0.0422 e. The molecule has 0 saturated heterocycles. The third-order valence-corrected chi connectivity index (χ3v) is 2.51. The van der Waals surface area contributed by atoms with E-state index in [4.69, 9.17) is 5.73 Å². The van der Waals surface area contributed by atoms with Crippen molar-refractivity contribution in [1.29, 1.82) is 0 Å². The van der Waals surface area contributed by atoms with Gasteiger partial charge in [-0.1, -0.05) is 18.2 Å². The molecule has 1 aromatic rings. The molecule has 13 heavy (non-hydrogen) atoms. The monoisotopic (exact) mass is 174 g/mol. The first-order chi connectivity index (χ1) is 6.29. The van der Waals surface area contributed by atoms with E-state index < -0.39 is 0 Å². The lowest BCUT2D eigenvalue weighted by Gasteiger charge is -2.20. The summed E-state index contributed by atoms with van der Waals surface area (Å²) >= 11 is 0. The van der Waals surface area contributed by atoms with Gasteiger partial charge in [-0.3, -0.25) is 0 Å². The largest absolute Gasteiger partial charge is 0.398 e. The molecule has 1 heterocycles.